The molecule has 2 aromatic rings. The highest BCUT2D eigenvalue weighted by atomic mass is 32.1. The molecule has 1 aliphatic heterocycles. The molecular formula is C21H23FN2O2S. The van der Waals surface area contributed by atoms with E-state index in [9.17, 15) is 14.0 Å². The van der Waals surface area contributed by atoms with Crippen LogP contribution in [0.2, 0.25) is 0 Å². The van der Waals surface area contributed by atoms with Crippen molar-refractivity contribution in [2.75, 3.05) is 13.1 Å². The Labute approximate surface area is 162 Å². The van der Waals surface area contributed by atoms with Crippen molar-refractivity contribution < 1.29 is 14.0 Å². The lowest BCUT2D eigenvalue weighted by molar-refractivity contribution is -0.142. The fourth-order valence-electron chi connectivity index (χ4n) is 3.84. The first kappa shape index (κ1) is 18.2. The molecule has 1 aromatic heterocycles. The van der Waals surface area contributed by atoms with Gasteiger partial charge in [0.25, 0.3) is 0 Å². The van der Waals surface area contributed by atoms with E-state index in [1.807, 2.05) is 17.2 Å². The molecule has 1 atom stereocenters. The summed E-state index contributed by atoms with van der Waals surface area (Å²) in [6, 6.07) is 8.44. The Morgan fingerprint density at radius 3 is 2.63 bits per heavy atom. The Morgan fingerprint density at radius 2 is 1.96 bits per heavy atom. The van der Waals surface area contributed by atoms with Crippen molar-refractivity contribution >= 4 is 23.2 Å². The molecule has 4 rings (SSSR count). The van der Waals surface area contributed by atoms with Crippen LogP contribution < -0.4 is 0 Å². The molecule has 0 saturated heterocycles. The lowest BCUT2D eigenvalue weighted by atomic mass is 9.93. The average Bonchev–Trinajstić information content (AvgIpc) is 3.41. The summed E-state index contributed by atoms with van der Waals surface area (Å²) in [6.45, 7) is 2.59. The van der Waals surface area contributed by atoms with Gasteiger partial charge in [-0.25, -0.2) is 4.39 Å². The first-order chi connectivity index (χ1) is 13.1. The molecule has 1 aromatic carbocycles. The summed E-state index contributed by atoms with van der Waals surface area (Å²) in [5.41, 5.74) is 2.02. The summed E-state index contributed by atoms with van der Waals surface area (Å²) in [7, 11) is 0. The number of benzene rings is 1. The third-order valence-corrected chi connectivity index (χ3v) is 6.38. The number of nitrogens with zero attached hydrogens (tertiary/aromatic N) is 2. The topological polar surface area (TPSA) is 40.6 Å². The number of halogens is 1. The number of fused-ring (bicyclic) bond motifs is 1. The first-order valence-corrected chi connectivity index (χ1v) is 10.4. The molecule has 6 heteroatoms. The molecule has 2 heterocycles. The standard InChI is InChI=1S/C21H23FN2O2S/c1-2-19(25)24(16-7-8-16)13-20(26)23-11-9-18-17(10-12-27-18)21(23)14-3-5-15(22)6-4-14/h3-6,10,12,16,21H,2,7-9,11,13H2,1H3/t21-/m1/s1. The number of hydrogen-bond acceptors (Lipinski definition) is 3. The second kappa shape index (κ2) is 7.43. The first-order valence-electron chi connectivity index (χ1n) is 9.49. The van der Waals surface area contributed by atoms with E-state index in [0.717, 1.165) is 30.4 Å². The normalized spacial score (nSPS) is 18.9. The summed E-state index contributed by atoms with van der Waals surface area (Å²) >= 11 is 1.70. The van der Waals surface area contributed by atoms with Gasteiger partial charge in [-0.05, 0) is 54.0 Å². The van der Waals surface area contributed by atoms with Crippen LogP contribution in [0.3, 0.4) is 0 Å². The minimum absolute atomic E-state index is 0.0325. The minimum atomic E-state index is -0.286. The van der Waals surface area contributed by atoms with Crippen LogP contribution in [0.5, 0.6) is 0 Å². The van der Waals surface area contributed by atoms with Crippen molar-refractivity contribution in [3.63, 3.8) is 0 Å². The zero-order valence-electron chi connectivity index (χ0n) is 15.4. The van der Waals surface area contributed by atoms with Gasteiger partial charge in [0.15, 0.2) is 0 Å². The summed E-state index contributed by atoms with van der Waals surface area (Å²) in [5.74, 6) is -0.279. The van der Waals surface area contributed by atoms with E-state index in [0.29, 0.717) is 13.0 Å². The van der Waals surface area contributed by atoms with Crippen LogP contribution in [0.25, 0.3) is 0 Å². The molecule has 1 aliphatic carbocycles. The van der Waals surface area contributed by atoms with Crippen LogP contribution in [-0.2, 0) is 16.0 Å². The van der Waals surface area contributed by atoms with Crippen molar-refractivity contribution in [1.29, 1.82) is 0 Å². The van der Waals surface area contributed by atoms with Gasteiger partial charge in [-0.15, -0.1) is 11.3 Å². The van der Waals surface area contributed by atoms with E-state index >= 15 is 0 Å². The van der Waals surface area contributed by atoms with E-state index in [1.165, 1.54) is 17.0 Å². The van der Waals surface area contributed by atoms with Crippen LogP contribution >= 0.6 is 11.3 Å². The van der Waals surface area contributed by atoms with E-state index in [-0.39, 0.29) is 36.3 Å². The quantitative estimate of drug-likeness (QED) is 0.785. The maximum Gasteiger partial charge on any atom is 0.243 e. The molecule has 0 radical (unpaired) electrons. The Balaban J connectivity index is 1.62. The molecular weight excluding hydrogens is 363 g/mol. The zero-order valence-corrected chi connectivity index (χ0v) is 16.2. The van der Waals surface area contributed by atoms with Crippen molar-refractivity contribution in [3.05, 3.63) is 57.5 Å². The largest absolute Gasteiger partial charge is 0.330 e. The Morgan fingerprint density at radius 1 is 1.22 bits per heavy atom. The molecule has 0 N–H and O–H groups in total. The molecule has 0 unspecified atom stereocenters. The molecule has 4 nitrogen and oxygen atoms in total. The van der Waals surface area contributed by atoms with Crippen molar-refractivity contribution in [3.8, 4) is 0 Å². The summed E-state index contributed by atoms with van der Waals surface area (Å²) in [6.07, 6.45) is 3.20. The molecule has 2 amide bonds. The van der Waals surface area contributed by atoms with Crippen LogP contribution in [0, 0.1) is 5.82 Å². The van der Waals surface area contributed by atoms with Gasteiger partial charge in [0.1, 0.15) is 12.4 Å². The molecule has 1 fully saturated rings. The van der Waals surface area contributed by atoms with Gasteiger partial charge in [0.2, 0.25) is 11.8 Å². The lowest BCUT2D eigenvalue weighted by Crippen LogP contribution is -2.47. The zero-order chi connectivity index (χ0) is 19.0. The van der Waals surface area contributed by atoms with Gasteiger partial charge in [-0.1, -0.05) is 19.1 Å². The van der Waals surface area contributed by atoms with Gasteiger partial charge in [0.05, 0.1) is 6.04 Å². The molecule has 1 saturated carbocycles. The number of hydrogen-bond donors (Lipinski definition) is 0. The Bertz CT molecular complexity index is 844. The van der Waals surface area contributed by atoms with E-state index in [1.54, 1.807) is 28.4 Å². The molecule has 2 aliphatic rings. The highest BCUT2D eigenvalue weighted by Crippen LogP contribution is 2.38. The third kappa shape index (κ3) is 3.63. The number of amides is 2. The van der Waals surface area contributed by atoms with E-state index in [4.69, 9.17) is 0 Å². The van der Waals surface area contributed by atoms with Crippen LogP contribution in [0.1, 0.15) is 48.2 Å². The smallest absolute Gasteiger partial charge is 0.243 e. The summed E-state index contributed by atoms with van der Waals surface area (Å²) in [5, 5.41) is 2.05. The second-order valence-corrected chi connectivity index (χ2v) is 8.20. The van der Waals surface area contributed by atoms with Gasteiger partial charge in [0, 0.05) is 23.9 Å². The number of carbonyl (C=O) groups is 2. The summed E-state index contributed by atoms with van der Waals surface area (Å²) in [4.78, 5) is 30.4. The van der Waals surface area contributed by atoms with E-state index in [2.05, 4.69) is 6.07 Å². The van der Waals surface area contributed by atoms with Crippen molar-refractivity contribution in [2.24, 2.45) is 0 Å². The van der Waals surface area contributed by atoms with Crippen LogP contribution in [-0.4, -0.2) is 40.7 Å². The number of carbonyl (C=O) groups excluding carboxylic acids is 2. The molecule has 142 valence electrons. The fourth-order valence-corrected chi connectivity index (χ4v) is 4.74. The SMILES string of the molecule is CCC(=O)N(CC(=O)N1CCc2sccc2[C@H]1c1ccc(F)cc1)C1CC1. The van der Waals surface area contributed by atoms with Crippen LogP contribution in [0.15, 0.2) is 35.7 Å². The highest BCUT2D eigenvalue weighted by molar-refractivity contribution is 7.10. The van der Waals surface area contributed by atoms with Crippen LogP contribution in [0.4, 0.5) is 4.39 Å². The Kier molecular flexibility index (Phi) is 5.00. The van der Waals surface area contributed by atoms with E-state index < -0.39 is 0 Å². The highest BCUT2D eigenvalue weighted by Gasteiger charge is 2.37. The van der Waals surface area contributed by atoms with Crippen molar-refractivity contribution in [2.45, 2.75) is 44.7 Å². The molecule has 0 bridgehead atoms. The Hall–Kier alpha value is -2.21. The minimum Gasteiger partial charge on any atom is -0.330 e. The third-order valence-electron chi connectivity index (χ3n) is 5.39. The number of rotatable bonds is 5. The van der Waals surface area contributed by atoms with Gasteiger partial charge < -0.3 is 9.80 Å². The maximum absolute atomic E-state index is 13.4. The average molecular weight is 386 g/mol. The maximum atomic E-state index is 13.4. The predicted octanol–water partition coefficient (Wildman–Crippen LogP) is 3.76. The lowest BCUT2D eigenvalue weighted by Gasteiger charge is -2.37. The molecule has 27 heavy (non-hydrogen) atoms. The second-order valence-electron chi connectivity index (χ2n) is 7.20. The van der Waals surface area contributed by atoms with Gasteiger partial charge in [-0.3, -0.25) is 9.59 Å². The fraction of sp³-hybridized carbons (Fsp3) is 0.429. The predicted molar refractivity (Wildman–Crippen MR) is 103 cm³/mol. The van der Waals surface area contributed by atoms with Crippen molar-refractivity contribution in [1.82, 2.24) is 9.80 Å². The summed E-state index contributed by atoms with van der Waals surface area (Å²) < 4.78 is 13.4. The molecule has 0 spiro atoms. The van der Waals surface area contributed by atoms with Gasteiger partial charge in [-0.2, -0.15) is 0 Å². The monoisotopic (exact) mass is 386 g/mol. The van der Waals surface area contributed by atoms with Gasteiger partial charge >= 0.3 is 0 Å². The number of thiophene rings is 1.